The Morgan fingerprint density at radius 2 is 1.87 bits per heavy atom. The fourth-order valence-corrected chi connectivity index (χ4v) is 4.87. The molecule has 0 bridgehead atoms. The van der Waals surface area contributed by atoms with Crippen LogP contribution in [0, 0.1) is 0 Å². The van der Waals surface area contributed by atoms with Crippen LogP contribution in [0.1, 0.15) is 18.4 Å². The van der Waals surface area contributed by atoms with E-state index in [1.54, 1.807) is 0 Å². The third-order valence-electron chi connectivity index (χ3n) is 5.78. The van der Waals surface area contributed by atoms with Gasteiger partial charge in [0.1, 0.15) is 5.82 Å². The summed E-state index contributed by atoms with van der Waals surface area (Å²) in [6.07, 6.45) is 4.40. The fourth-order valence-electron chi connectivity index (χ4n) is 3.62. The third kappa shape index (κ3) is 5.67. The summed E-state index contributed by atoms with van der Waals surface area (Å²) in [5.74, 6) is 1.93. The first-order valence-corrected chi connectivity index (χ1v) is 11.5. The number of benzene rings is 1. The van der Waals surface area contributed by atoms with Crippen molar-refractivity contribution in [2.75, 3.05) is 51.7 Å². The normalized spacial score (nSPS) is 18.9. The van der Waals surface area contributed by atoms with Gasteiger partial charge in [0.05, 0.1) is 0 Å². The summed E-state index contributed by atoms with van der Waals surface area (Å²) in [5.41, 5.74) is 1.22. The number of aromatic nitrogens is 1. The fraction of sp³-hybridized carbons (Fsp3) is 0.478. The van der Waals surface area contributed by atoms with Crippen molar-refractivity contribution in [3.05, 3.63) is 54.2 Å². The van der Waals surface area contributed by atoms with E-state index in [1.807, 2.05) is 25.0 Å². The number of aliphatic imine (C=N–C) groups is 1. The van der Waals surface area contributed by atoms with Crippen molar-refractivity contribution in [3.63, 3.8) is 0 Å². The molecular formula is C23H32N6S. The molecule has 160 valence electrons. The Morgan fingerprint density at radius 1 is 1.10 bits per heavy atom. The average molecular weight is 425 g/mol. The molecule has 2 N–H and O–H groups in total. The highest BCUT2D eigenvalue weighted by atomic mass is 32.2. The Bertz CT molecular complexity index is 844. The maximum absolute atomic E-state index is 4.58. The first-order valence-electron chi connectivity index (χ1n) is 10.7. The van der Waals surface area contributed by atoms with Gasteiger partial charge >= 0.3 is 0 Å². The van der Waals surface area contributed by atoms with Crippen molar-refractivity contribution in [1.29, 1.82) is 0 Å². The number of pyridine rings is 1. The lowest BCUT2D eigenvalue weighted by atomic mass is 10.2. The minimum atomic E-state index is 0.296. The van der Waals surface area contributed by atoms with Crippen LogP contribution >= 0.6 is 11.8 Å². The van der Waals surface area contributed by atoms with Crippen LogP contribution in [0.25, 0.3) is 0 Å². The van der Waals surface area contributed by atoms with Gasteiger partial charge in [0.25, 0.3) is 0 Å². The predicted molar refractivity (Wildman–Crippen MR) is 126 cm³/mol. The minimum Gasteiger partial charge on any atom is -0.355 e. The molecule has 0 atom stereocenters. The summed E-state index contributed by atoms with van der Waals surface area (Å²) < 4.78 is 0.296. The molecule has 6 nitrogen and oxygen atoms in total. The number of thioether (sulfide) groups is 1. The van der Waals surface area contributed by atoms with Crippen LogP contribution in [-0.2, 0) is 6.54 Å². The molecule has 2 heterocycles. The van der Waals surface area contributed by atoms with E-state index >= 15 is 0 Å². The lowest BCUT2D eigenvalue weighted by Gasteiger charge is -2.33. The van der Waals surface area contributed by atoms with E-state index in [-0.39, 0.29) is 0 Å². The van der Waals surface area contributed by atoms with Gasteiger partial charge in [-0.15, -0.1) is 11.8 Å². The molecule has 1 aromatic heterocycles. The lowest BCUT2D eigenvalue weighted by Crippen LogP contribution is -2.44. The van der Waals surface area contributed by atoms with Crippen molar-refractivity contribution in [1.82, 2.24) is 20.5 Å². The van der Waals surface area contributed by atoms with Gasteiger partial charge in [0.15, 0.2) is 5.96 Å². The van der Waals surface area contributed by atoms with Crippen LogP contribution in [-0.4, -0.2) is 67.4 Å². The zero-order valence-corrected chi connectivity index (χ0v) is 18.8. The van der Waals surface area contributed by atoms with Gasteiger partial charge in [0.2, 0.25) is 0 Å². The van der Waals surface area contributed by atoms with Gasteiger partial charge in [-0.25, -0.2) is 4.98 Å². The molecule has 4 rings (SSSR count). The number of guanidine groups is 1. The van der Waals surface area contributed by atoms with Crippen LogP contribution in [0.4, 0.5) is 5.82 Å². The van der Waals surface area contributed by atoms with Crippen molar-refractivity contribution in [2.24, 2.45) is 4.99 Å². The molecule has 0 amide bonds. The Morgan fingerprint density at radius 3 is 2.57 bits per heavy atom. The average Bonchev–Trinajstić information content (AvgIpc) is 3.55. The summed E-state index contributed by atoms with van der Waals surface area (Å²) in [7, 11) is 4.01. The number of hydrogen-bond donors (Lipinski definition) is 2. The van der Waals surface area contributed by atoms with Crippen molar-refractivity contribution in [2.45, 2.75) is 29.0 Å². The van der Waals surface area contributed by atoms with Gasteiger partial charge in [0, 0.05) is 62.2 Å². The molecule has 0 radical (unpaired) electrons. The van der Waals surface area contributed by atoms with E-state index in [0.29, 0.717) is 4.75 Å². The van der Waals surface area contributed by atoms with E-state index < -0.39 is 0 Å². The maximum atomic E-state index is 4.58. The highest BCUT2D eigenvalue weighted by Crippen LogP contribution is 2.51. The number of nitrogens with one attached hydrogen (secondary N) is 2. The van der Waals surface area contributed by atoms with Crippen LogP contribution in [0.3, 0.4) is 0 Å². The summed E-state index contributed by atoms with van der Waals surface area (Å²) >= 11 is 1.98. The van der Waals surface area contributed by atoms with Gasteiger partial charge in [-0.3, -0.25) is 4.99 Å². The molecule has 1 aliphatic carbocycles. The topological polar surface area (TPSA) is 55.8 Å². The number of nitrogens with zero attached hydrogens (tertiary/aromatic N) is 4. The zero-order chi connectivity index (χ0) is 20.8. The van der Waals surface area contributed by atoms with Crippen molar-refractivity contribution >= 4 is 23.5 Å². The van der Waals surface area contributed by atoms with Crippen LogP contribution in [0.2, 0.25) is 0 Å². The quantitative estimate of drug-likeness (QED) is 0.527. The second-order valence-electron chi connectivity index (χ2n) is 8.19. The maximum Gasteiger partial charge on any atom is 0.191 e. The second kappa shape index (κ2) is 9.71. The molecule has 1 aromatic carbocycles. The van der Waals surface area contributed by atoms with Crippen LogP contribution < -0.4 is 15.5 Å². The Kier molecular flexibility index (Phi) is 6.79. The third-order valence-corrected chi connectivity index (χ3v) is 7.28. The smallest absolute Gasteiger partial charge is 0.191 e. The number of likely N-dealkylation sites (N-methyl/N-ethyl adjacent to an activating group) is 1. The Balaban J connectivity index is 1.27. The lowest BCUT2D eigenvalue weighted by molar-refractivity contribution is 0.312. The Hall–Kier alpha value is -2.25. The summed E-state index contributed by atoms with van der Waals surface area (Å²) in [4.78, 5) is 15.1. The number of anilines is 1. The molecular weight excluding hydrogens is 392 g/mol. The molecule has 7 heteroatoms. The van der Waals surface area contributed by atoms with Gasteiger partial charge in [-0.05, 0) is 49.7 Å². The first kappa shape index (κ1) is 21.0. The zero-order valence-electron chi connectivity index (χ0n) is 18.0. The van der Waals surface area contributed by atoms with Gasteiger partial charge < -0.3 is 20.4 Å². The largest absolute Gasteiger partial charge is 0.355 e. The highest BCUT2D eigenvalue weighted by molar-refractivity contribution is 8.01. The van der Waals surface area contributed by atoms with E-state index in [1.165, 1.54) is 23.3 Å². The van der Waals surface area contributed by atoms with E-state index in [0.717, 1.165) is 51.0 Å². The SMILES string of the molecule is CN=C(NCc1ccnc(N2CCN(C)CC2)c1)NCC1(Sc2ccccc2)CC1. The number of hydrogen-bond acceptors (Lipinski definition) is 5. The molecule has 2 aromatic rings. The number of rotatable bonds is 7. The Labute approximate surface area is 184 Å². The van der Waals surface area contributed by atoms with Gasteiger partial charge in [-0.2, -0.15) is 0 Å². The van der Waals surface area contributed by atoms with E-state index in [2.05, 4.69) is 79.9 Å². The van der Waals surface area contributed by atoms with E-state index in [9.17, 15) is 0 Å². The van der Waals surface area contributed by atoms with Crippen molar-refractivity contribution in [3.8, 4) is 0 Å². The van der Waals surface area contributed by atoms with Crippen molar-refractivity contribution < 1.29 is 0 Å². The van der Waals surface area contributed by atoms with Gasteiger partial charge in [-0.1, -0.05) is 18.2 Å². The summed E-state index contributed by atoms with van der Waals surface area (Å²) in [5, 5.41) is 6.99. The molecule has 1 saturated heterocycles. The minimum absolute atomic E-state index is 0.296. The molecule has 0 spiro atoms. The molecule has 2 fully saturated rings. The summed E-state index contributed by atoms with van der Waals surface area (Å²) in [6.45, 7) is 5.90. The van der Waals surface area contributed by atoms with Crippen LogP contribution in [0.15, 0.2) is 58.5 Å². The summed E-state index contributed by atoms with van der Waals surface area (Å²) in [6, 6.07) is 14.9. The van der Waals surface area contributed by atoms with E-state index in [4.69, 9.17) is 0 Å². The molecule has 2 aliphatic rings. The standard InChI is InChI=1S/C23H32N6S/c1-24-22(27-18-23(9-10-23)30-20-6-4-3-5-7-20)26-17-19-8-11-25-21(16-19)29-14-12-28(2)13-15-29/h3-8,11,16H,9-10,12-15,17-18H2,1-2H3,(H2,24,26,27). The number of piperazine rings is 1. The molecule has 1 aliphatic heterocycles. The molecule has 1 saturated carbocycles. The predicted octanol–water partition coefficient (Wildman–Crippen LogP) is 2.82. The monoisotopic (exact) mass is 424 g/mol. The highest BCUT2D eigenvalue weighted by Gasteiger charge is 2.43. The second-order valence-corrected chi connectivity index (χ2v) is 9.73. The first-order chi connectivity index (χ1) is 14.7. The molecule has 30 heavy (non-hydrogen) atoms. The van der Waals surface area contributed by atoms with Crippen LogP contribution in [0.5, 0.6) is 0 Å². The molecule has 0 unspecified atom stereocenters.